The molecule has 0 heterocycles. The fourth-order valence-electron chi connectivity index (χ4n) is 2.58. The SMILES string of the molecule is COc1ccc(N=Nc2ccc(N=Nc3cc(S(=O)(=O)[O-])ccc3OC)cc2)c(C)c1.[Na+]. The van der Waals surface area contributed by atoms with Crippen molar-refractivity contribution in [2.45, 2.75) is 11.8 Å². The first-order valence-electron chi connectivity index (χ1n) is 9.02. The zero-order valence-corrected chi connectivity index (χ0v) is 20.8. The monoisotopic (exact) mass is 462 g/mol. The van der Waals surface area contributed by atoms with Crippen LogP contribution in [-0.2, 0) is 10.1 Å². The average molecular weight is 462 g/mol. The van der Waals surface area contributed by atoms with Gasteiger partial charge in [-0.1, -0.05) is 0 Å². The van der Waals surface area contributed by atoms with Crippen LogP contribution >= 0.6 is 0 Å². The Kier molecular flexibility index (Phi) is 9.05. The number of hydrogen-bond donors (Lipinski definition) is 0. The van der Waals surface area contributed by atoms with Crippen LogP contribution in [0.5, 0.6) is 11.5 Å². The van der Waals surface area contributed by atoms with Gasteiger partial charge in [0.2, 0.25) is 0 Å². The van der Waals surface area contributed by atoms with Crippen LogP contribution < -0.4 is 39.0 Å². The Hall–Kier alpha value is -2.63. The van der Waals surface area contributed by atoms with E-state index in [0.717, 1.165) is 29.1 Å². The van der Waals surface area contributed by atoms with E-state index in [9.17, 15) is 13.0 Å². The van der Waals surface area contributed by atoms with E-state index in [1.54, 1.807) is 31.4 Å². The number of rotatable bonds is 7. The van der Waals surface area contributed by atoms with Gasteiger partial charge in [-0.25, -0.2) is 8.42 Å². The molecule has 0 aliphatic heterocycles. The summed E-state index contributed by atoms with van der Waals surface area (Å²) in [5, 5.41) is 16.5. The molecule has 0 unspecified atom stereocenters. The van der Waals surface area contributed by atoms with Gasteiger partial charge in [0, 0.05) is 0 Å². The van der Waals surface area contributed by atoms with E-state index in [4.69, 9.17) is 9.47 Å². The molecule has 0 saturated carbocycles. The van der Waals surface area contributed by atoms with Gasteiger partial charge in [0.05, 0.1) is 36.2 Å². The number of aryl methyl sites for hydroxylation is 1. The molecule has 160 valence electrons. The molecule has 0 aliphatic carbocycles. The van der Waals surface area contributed by atoms with Crippen LogP contribution in [0.15, 0.2) is 86.0 Å². The van der Waals surface area contributed by atoms with Gasteiger partial charge in [0.25, 0.3) is 0 Å². The Morgan fingerprint density at radius 1 is 0.750 bits per heavy atom. The van der Waals surface area contributed by atoms with Crippen LogP contribution in [0.25, 0.3) is 0 Å². The van der Waals surface area contributed by atoms with Crippen LogP contribution in [-0.4, -0.2) is 27.2 Å². The number of methoxy groups -OCH3 is 2. The number of hydrogen-bond acceptors (Lipinski definition) is 9. The van der Waals surface area contributed by atoms with Gasteiger partial charge < -0.3 is 14.0 Å². The van der Waals surface area contributed by atoms with Crippen molar-refractivity contribution < 1.29 is 52.0 Å². The summed E-state index contributed by atoms with van der Waals surface area (Å²) in [6, 6.07) is 15.9. The van der Waals surface area contributed by atoms with Crippen molar-refractivity contribution in [1.82, 2.24) is 0 Å². The molecule has 0 aromatic heterocycles. The Balaban J connectivity index is 0.00000363. The molecule has 0 bridgehead atoms. The van der Waals surface area contributed by atoms with Crippen molar-refractivity contribution in [1.29, 1.82) is 0 Å². The van der Waals surface area contributed by atoms with Gasteiger partial charge >= 0.3 is 29.6 Å². The molecule has 0 atom stereocenters. The van der Waals surface area contributed by atoms with E-state index >= 15 is 0 Å². The van der Waals surface area contributed by atoms with Gasteiger partial charge in [0.15, 0.2) is 0 Å². The summed E-state index contributed by atoms with van der Waals surface area (Å²) in [6.07, 6.45) is 0. The first-order valence-corrected chi connectivity index (χ1v) is 10.4. The van der Waals surface area contributed by atoms with Crippen LogP contribution in [0.2, 0.25) is 0 Å². The fourth-order valence-corrected chi connectivity index (χ4v) is 3.07. The normalized spacial score (nSPS) is 11.5. The fraction of sp³-hybridized carbons (Fsp3) is 0.143. The average Bonchev–Trinajstić information content (AvgIpc) is 2.76. The summed E-state index contributed by atoms with van der Waals surface area (Å²) in [6.45, 7) is 1.92. The molecule has 3 aromatic carbocycles. The van der Waals surface area contributed by atoms with Crippen molar-refractivity contribution in [3.63, 3.8) is 0 Å². The number of nitrogens with zero attached hydrogens (tertiary/aromatic N) is 4. The smallest absolute Gasteiger partial charge is 0.744 e. The van der Waals surface area contributed by atoms with Gasteiger partial charge in [-0.05, 0) is 73.2 Å². The third-order valence-electron chi connectivity index (χ3n) is 4.24. The summed E-state index contributed by atoms with van der Waals surface area (Å²) in [4.78, 5) is -0.410. The molecule has 0 fully saturated rings. The molecular formula is C21H19N4NaO5S. The molecule has 3 rings (SSSR count). The Morgan fingerprint density at radius 2 is 1.34 bits per heavy atom. The minimum atomic E-state index is -4.61. The Bertz CT molecular complexity index is 1250. The van der Waals surface area contributed by atoms with E-state index < -0.39 is 15.0 Å². The summed E-state index contributed by atoms with van der Waals surface area (Å²) >= 11 is 0. The Labute approximate surface area is 208 Å². The molecule has 32 heavy (non-hydrogen) atoms. The molecular weight excluding hydrogens is 443 g/mol. The standard InChI is InChI=1S/C21H20N4O5S.Na/c1-14-12-17(29-2)8-10-19(14)24-22-15-4-6-16(7-5-15)23-25-20-13-18(31(26,27)28)9-11-21(20)30-3;/h4-13H,1-3H3,(H,26,27,28);/q;+1/p-1. The maximum absolute atomic E-state index is 11.2. The summed E-state index contributed by atoms with van der Waals surface area (Å²) < 4.78 is 44.0. The first-order chi connectivity index (χ1) is 14.8. The quantitative estimate of drug-likeness (QED) is 0.303. The van der Waals surface area contributed by atoms with Crippen LogP contribution in [0.1, 0.15) is 5.56 Å². The third-order valence-corrected chi connectivity index (χ3v) is 5.07. The second kappa shape index (κ2) is 11.3. The van der Waals surface area contributed by atoms with Gasteiger partial charge in [-0.3, -0.25) is 0 Å². The summed E-state index contributed by atoms with van der Waals surface area (Å²) in [7, 11) is -1.60. The van der Waals surface area contributed by atoms with Crippen molar-refractivity contribution in [3.8, 4) is 11.5 Å². The van der Waals surface area contributed by atoms with Gasteiger partial charge in [0.1, 0.15) is 27.3 Å². The van der Waals surface area contributed by atoms with E-state index in [-0.39, 0.29) is 41.0 Å². The molecule has 0 spiro atoms. The molecule has 0 radical (unpaired) electrons. The molecule has 3 aromatic rings. The molecule has 0 N–H and O–H groups in total. The van der Waals surface area contributed by atoms with Crippen molar-refractivity contribution >= 4 is 32.9 Å². The first kappa shape index (κ1) is 25.6. The molecule has 0 amide bonds. The molecule has 0 aliphatic rings. The van der Waals surface area contributed by atoms with Crippen LogP contribution in [0, 0.1) is 6.92 Å². The van der Waals surface area contributed by atoms with Crippen molar-refractivity contribution in [3.05, 3.63) is 66.2 Å². The third kappa shape index (κ3) is 6.68. The predicted octanol–water partition coefficient (Wildman–Crippen LogP) is 2.75. The zero-order valence-electron chi connectivity index (χ0n) is 18.0. The second-order valence-electron chi connectivity index (χ2n) is 6.36. The Morgan fingerprint density at radius 3 is 1.84 bits per heavy atom. The minimum Gasteiger partial charge on any atom is -0.744 e. The van der Waals surface area contributed by atoms with Crippen LogP contribution in [0.3, 0.4) is 0 Å². The van der Waals surface area contributed by atoms with E-state index in [1.807, 2.05) is 25.1 Å². The topological polar surface area (TPSA) is 125 Å². The van der Waals surface area contributed by atoms with E-state index in [1.165, 1.54) is 13.2 Å². The number of ether oxygens (including phenoxy) is 2. The number of benzene rings is 3. The molecule has 0 saturated heterocycles. The largest absolute Gasteiger partial charge is 1.00 e. The summed E-state index contributed by atoms with van der Waals surface area (Å²) in [5.74, 6) is 1.04. The second-order valence-corrected chi connectivity index (χ2v) is 7.74. The maximum Gasteiger partial charge on any atom is 1.00 e. The maximum atomic E-state index is 11.2. The molecule has 9 nitrogen and oxygen atoms in total. The van der Waals surface area contributed by atoms with Gasteiger partial charge in [-0.15, -0.1) is 5.11 Å². The van der Waals surface area contributed by atoms with Crippen molar-refractivity contribution in [2.24, 2.45) is 20.5 Å². The van der Waals surface area contributed by atoms with Crippen LogP contribution in [0.4, 0.5) is 22.7 Å². The van der Waals surface area contributed by atoms with E-state index in [0.29, 0.717) is 11.4 Å². The zero-order chi connectivity index (χ0) is 22.4. The van der Waals surface area contributed by atoms with Gasteiger partial charge in [-0.2, -0.15) is 15.3 Å². The molecule has 11 heteroatoms. The van der Waals surface area contributed by atoms with E-state index in [2.05, 4.69) is 20.5 Å². The summed E-state index contributed by atoms with van der Waals surface area (Å²) in [5.41, 5.74) is 2.90. The predicted molar refractivity (Wildman–Crippen MR) is 113 cm³/mol. The number of azo groups is 2. The van der Waals surface area contributed by atoms with Crippen molar-refractivity contribution in [2.75, 3.05) is 14.2 Å². The minimum absolute atomic E-state index is 0.